The number of ether oxygens (including phenoxy) is 1. The van der Waals surface area contributed by atoms with E-state index in [4.69, 9.17) is 16.3 Å². The highest BCUT2D eigenvalue weighted by Crippen LogP contribution is 2.37. The van der Waals surface area contributed by atoms with Crippen molar-refractivity contribution in [1.82, 2.24) is 5.32 Å². The van der Waals surface area contributed by atoms with Crippen LogP contribution in [0.2, 0.25) is 5.02 Å². The van der Waals surface area contributed by atoms with Gasteiger partial charge in [-0.2, -0.15) is 0 Å². The van der Waals surface area contributed by atoms with Crippen molar-refractivity contribution in [2.24, 2.45) is 0 Å². The molecule has 0 bridgehead atoms. The number of thioether (sulfide) groups is 1. The quantitative estimate of drug-likeness (QED) is 0.749. The molecule has 0 spiro atoms. The molecule has 112 valence electrons. The Morgan fingerprint density at radius 3 is 2.80 bits per heavy atom. The predicted octanol–water partition coefficient (Wildman–Crippen LogP) is 4.50. The highest BCUT2D eigenvalue weighted by Gasteiger charge is 2.16. The number of rotatable bonds is 7. The molecule has 0 unspecified atom stereocenters. The lowest BCUT2D eigenvalue weighted by atomic mass is 10.0. The maximum Gasteiger partial charge on any atom is 0.0587 e. The maximum absolute atomic E-state index is 6.42. The van der Waals surface area contributed by atoms with Crippen molar-refractivity contribution >= 4 is 23.4 Å². The number of benzene rings is 1. The number of hydrogen-bond acceptors (Lipinski definition) is 3. The van der Waals surface area contributed by atoms with E-state index < -0.39 is 0 Å². The molecule has 1 saturated carbocycles. The van der Waals surface area contributed by atoms with Crippen molar-refractivity contribution in [3.63, 3.8) is 0 Å². The normalized spacial score (nSPS) is 16.5. The van der Waals surface area contributed by atoms with Gasteiger partial charge in [0.1, 0.15) is 0 Å². The number of hydrogen-bond donors (Lipinski definition) is 1. The van der Waals surface area contributed by atoms with Crippen molar-refractivity contribution < 1.29 is 4.74 Å². The lowest BCUT2D eigenvalue weighted by Gasteiger charge is -2.21. The van der Waals surface area contributed by atoms with Crippen molar-refractivity contribution in [3.8, 4) is 0 Å². The molecule has 0 atom stereocenters. The summed E-state index contributed by atoms with van der Waals surface area (Å²) < 4.78 is 5.02. The molecule has 0 saturated heterocycles. The molecule has 1 aliphatic carbocycles. The van der Waals surface area contributed by atoms with E-state index in [1.165, 1.54) is 42.6 Å². The van der Waals surface area contributed by atoms with Crippen LogP contribution >= 0.6 is 23.4 Å². The van der Waals surface area contributed by atoms with E-state index in [1.54, 1.807) is 7.11 Å². The Kier molecular flexibility index (Phi) is 7.22. The molecule has 1 N–H and O–H groups in total. The summed E-state index contributed by atoms with van der Waals surface area (Å²) in [6.07, 6.45) is 6.81. The second kappa shape index (κ2) is 8.93. The van der Waals surface area contributed by atoms with Crippen LogP contribution in [0.15, 0.2) is 23.1 Å². The highest BCUT2D eigenvalue weighted by atomic mass is 35.5. The monoisotopic (exact) mass is 313 g/mol. The number of methoxy groups -OCH3 is 1. The first kappa shape index (κ1) is 16.2. The van der Waals surface area contributed by atoms with Crippen molar-refractivity contribution in [2.75, 3.05) is 20.3 Å². The van der Waals surface area contributed by atoms with Gasteiger partial charge in [0.25, 0.3) is 0 Å². The van der Waals surface area contributed by atoms with Crippen molar-refractivity contribution in [3.05, 3.63) is 28.8 Å². The van der Waals surface area contributed by atoms with Crippen LogP contribution < -0.4 is 5.32 Å². The summed E-state index contributed by atoms with van der Waals surface area (Å²) in [6, 6.07) is 6.44. The number of halogens is 1. The molecule has 20 heavy (non-hydrogen) atoms. The van der Waals surface area contributed by atoms with E-state index in [0.717, 1.165) is 30.0 Å². The summed E-state index contributed by atoms with van der Waals surface area (Å²) in [4.78, 5) is 1.24. The first-order valence-corrected chi connectivity index (χ1v) is 8.70. The Balaban J connectivity index is 1.85. The highest BCUT2D eigenvalue weighted by molar-refractivity contribution is 8.00. The van der Waals surface area contributed by atoms with Crippen LogP contribution in [0.5, 0.6) is 0 Å². The Hall–Kier alpha value is -0.220. The van der Waals surface area contributed by atoms with Crippen LogP contribution in [0.4, 0.5) is 0 Å². The Labute approximate surface area is 131 Å². The van der Waals surface area contributed by atoms with Gasteiger partial charge in [-0.3, -0.25) is 0 Å². The summed E-state index contributed by atoms with van der Waals surface area (Å²) in [5.41, 5.74) is 1.24. The third kappa shape index (κ3) is 5.28. The van der Waals surface area contributed by atoms with Gasteiger partial charge in [0.2, 0.25) is 0 Å². The molecule has 2 rings (SSSR count). The minimum Gasteiger partial charge on any atom is -0.383 e. The second-order valence-corrected chi connectivity index (χ2v) is 7.06. The van der Waals surface area contributed by atoms with E-state index in [9.17, 15) is 0 Å². The van der Waals surface area contributed by atoms with Gasteiger partial charge >= 0.3 is 0 Å². The third-order valence-electron chi connectivity index (χ3n) is 3.65. The molecule has 1 aromatic rings. The lowest BCUT2D eigenvalue weighted by Crippen LogP contribution is -2.18. The summed E-state index contributed by atoms with van der Waals surface area (Å²) >= 11 is 8.37. The van der Waals surface area contributed by atoms with Gasteiger partial charge in [-0.1, -0.05) is 36.9 Å². The van der Waals surface area contributed by atoms with Crippen molar-refractivity contribution in [2.45, 2.75) is 48.8 Å². The van der Waals surface area contributed by atoms with Gasteiger partial charge in [0.05, 0.1) is 11.6 Å². The zero-order valence-corrected chi connectivity index (χ0v) is 13.7. The van der Waals surface area contributed by atoms with Gasteiger partial charge in [-0.25, -0.2) is 0 Å². The van der Waals surface area contributed by atoms with Crippen LogP contribution in [-0.2, 0) is 11.3 Å². The topological polar surface area (TPSA) is 21.3 Å². The molecule has 1 fully saturated rings. The van der Waals surface area contributed by atoms with Crippen LogP contribution in [0, 0.1) is 0 Å². The zero-order valence-electron chi connectivity index (χ0n) is 12.2. The lowest BCUT2D eigenvalue weighted by molar-refractivity contribution is 0.199. The van der Waals surface area contributed by atoms with E-state index in [-0.39, 0.29) is 0 Å². The fourth-order valence-electron chi connectivity index (χ4n) is 2.52. The van der Waals surface area contributed by atoms with Gasteiger partial charge in [-0.05, 0) is 30.5 Å². The maximum atomic E-state index is 6.42. The van der Waals surface area contributed by atoms with E-state index in [0.29, 0.717) is 0 Å². The van der Waals surface area contributed by atoms with Crippen LogP contribution in [-0.4, -0.2) is 25.5 Å². The molecular weight excluding hydrogens is 290 g/mol. The van der Waals surface area contributed by atoms with Gasteiger partial charge in [0.15, 0.2) is 0 Å². The van der Waals surface area contributed by atoms with Crippen molar-refractivity contribution in [1.29, 1.82) is 0 Å². The molecule has 4 heteroatoms. The van der Waals surface area contributed by atoms with Crippen LogP contribution in [0.25, 0.3) is 0 Å². The molecule has 2 nitrogen and oxygen atoms in total. The van der Waals surface area contributed by atoms with Gasteiger partial charge in [0, 0.05) is 30.3 Å². The average molecular weight is 314 g/mol. The predicted molar refractivity (Wildman–Crippen MR) is 87.8 cm³/mol. The van der Waals surface area contributed by atoms with E-state index in [2.05, 4.69) is 23.5 Å². The molecule has 1 aliphatic rings. The smallest absolute Gasteiger partial charge is 0.0587 e. The Bertz CT molecular complexity index is 407. The minimum absolute atomic E-state index is 0.739. The Morgan fingerprint density at radius 2 is 2.10 bits per heavy atom. The summed E-state index contributed by atoms with van der Waals surface area (Å²) in [7, 11) is 1.72. The summed E-state index contributed by atoms with van der Waals surface area (Å²) in [5, 5.41) is 4.99. The Morgan fingerprint density at radius 1 is 1.30 bits per heavy atom. The van der Waals surface area contributed by atoms with E-state index >= 15 is 0 Å². The molecule has 0 aliphatic heterocycles. The first-order chi connectivity index (χ1) is 9.79. The summed E-state index contributed by atoms with van der Waals surface area (Å²) in [6.45, 7) is 2.45. The first-order valence-electron chi connectivity index (χ1n) is 7.44. The van der Waals surface area contributed by atoms with E-state index in [1.807, 2.05) is 11.8 Å². The SMILES string of the molecule is COCCNCc1ccc(SC2CCCCC2)c(Cl)c1. The molecule has 0 aromatic heterocycles. The largest absolute Gasteiger partial charge is 0.383 e. The molecule has 1 aromatic carbocycles. The fraction of sp³-hybridized carbons (Fsp3) is 0.625. The number of nitrogens with one attached hydrogen (secondary N) is 1. The molecule has 0 heterocycles. The summed E-state index contributed by atoms with van der Waals surface area (Å²) in [5.74, 6) is 0. The minimum atomic E-state index is 0.739. The van der Waals surface area contributed by atoms with Gasteiger partial charge < -0.3 is 10.1 Å². The average Bonchev–Trinajstić information content (AvgIpc) is 2.47. The standard InChI is InChI=1S/C16H24ClNOS/c1-19-10-9-18-12-13-7-8-16(15(17)11-13)20-14-5-3-2-4-6-14/h7-8,11,14,18H,2-6,9-10,12H2,1H3. The zero-order chi connectivity index (χ0) is 14.2. The van der Waals surface area contributed by atoms with Crippen LogP contribution in [0.1, 0.15) is 37.7 Å². The fourth-order valence-corrected chi connectivity index (χ4v) is 4.10. The van der Waals surface area contributed by atoms with Gasteiger partial charge in [-0.15, -0.1) is 11.8 Å². The molecule has 0 amide bonds. The molecular formula is C16H24ClNOS. The van der Waals surface area contributed by atoms with Crippen LogP contribution in [0.3, 0.4) is 0 Å². The molecule has 0 radical (unpaired) electrons. The second-order valence-electron chi connectivity index (χ2n) is 5.31. The third-order valence-corrected chi connectivity index (χ3v) is 5.49.